The summed E-state index contributed by atoms with van der Waals surface area (Å²) in [5, 5.41) is 7.44. The van der Waals surface area contributed by atoms with Gasteiger partial charge >= 0.3 is 0 Å². The van der Waals surface area contributed by atoms with E-state index in [1.54, 1.807) is 0 Å². The minimum atomic E-state index is 1.04. The van der Waals surface area contributed by atoms with Gasteiger partial charge in [0.05, 0.1) is 0 Å². The Morgan fingerprint density at radius 1 is 1.62 bits per heavy atom. The third-order valence-corrected chi connectivity index (χ3v) is 2.01. The van der Waals surface area contributed by atoms with Crippen molar-refractivity contribution in [3.05, 3.63) is 12.3 Å². The summed E-state index contributed by atoms with van der Waals surface area (Å²) in [6.07, 6.45) is 3.10. The number of nitrogens with zero attached hydrogens (tertiary/aromatic N) is 3. The second-order valence-corrected chi connectivity index (χ2v) is 3.23. The van der Waals surface area contributed by atoms with E-state index in [4.69, 9.17) is 0 Å². The van der Waals surface area contributed by atoms with Gasteiger partial charge in [0.25, 0.3) is 0 Å². The third kappa shape index (κ3) is 3.06. The first-order valence-corrected chi connectivity index (χ1v) is 4.59. The second-order valence-electron chi connectivity index (χ2n) is 3.23. The fourth-order valence-electron chi connectivity index (χ4n) is 1.21. The first kappa shape index (κ1) is 10.1. The summed E-state index contributed by atoms with van der Waals surface area (Å²) in [7, 11) is 5.98. The molecule has 74 valence electrons. The van der Waals surface area contributed by atoms with Crippen LogP contribution in [0.1, 0.15) is 6.42 Å². The maximum atomic E-state index is 4.31. The zero-order valence-corrected chi connectivity index (χ0v) is 8.62. The van der Waals surface area contributed by atoms with Crippen LogP contribution in [0, 0.1) is 0 Å². The van der Waals surface area contributed by atoms with Crippen LogP contribution < -0.4 is 10.2 Å². The number of rotatable bonds is 5. The van der Waals surface area contributed by atoms with Crippen LogP contribution in [0.5, 0.6) is 0 Å². The average molecular weight is 182 g/mol. The van der Waals surface area contributed by atoms with Crippen LogP contribution in [-0.2, 0) is 7.05 Å². The zero-order valence-electron chi connectivity index (χ0n) is 8.62. The highest BCUT2D eigenvalue weighted by Gasteiger charge is 2.01. The molecule has 4 heteroatoms. The Morgan fingerprint density at radius 2 is 2.38 bits per heavy atom. The van der Waals surface area contributed by atoms with Crippen molar-refractivity contribution in [3.63, 3.8) is 0 Å². The van der Waals surface area contributed by atoms with Crippen molar-refractivity contribution in [1.82, 2.24) is 15.1 Å². The maximum Gasteiger partial charge on any atom is 0.150 e. The van der Waals surface area contributed by atoms with Crippen LogP contribution in [0.3, 0.4) is 0 Å². The average Bonchev–Trinajstić information content (AvgIpc) is 2.52. The largest absolute Gasteiger partial charge is 0.358 e. The molecule has 0 aromatic carbocycles. The normalized spacial score (nSPS) is 10.4. The molecule has 4 nitrogen and oxygen atoms in total. The fourth-order valence-corrected chi connectivity index (χ4v) is 1.21. The fraction of sp³-hybridized carbons (Fsp3) is 0.667. The van der Waals surface area contributed by atoms with Crippen molar-refractivity contribution in [3.8, 4) is 0 Å². The number of aryl methyl sites for hydroxylation is 1. The summed E-state index contributed by atoms with van der Waals surface area (Å²) in [5.74, 6) is 1.04. The maximum absolute atomic E-state index is 4.31. The SMILES string of the molecule is CNCCCN(C)c1ccn(C)n1. The van der Waals surface area contributed by atoms with Gasteiger partial charge in [0.1, 0.15) is 5.82 Å². The molecule has 0 unspecified atom stereocenters. The number of hydrogen-bond donors (Lipinski definition) is 1. The lowest BCUT2D eigenvalue weighted by atomic mass is 10.4. The second kappa shape index (κ2) is 4.87. The predicted octanol–water partition coefficient (Wildman–Crippen LogP) is 0.466. The Kier molecular flexibility index (Phi) is 3.76. The molecule has 0 bridgehead atoms. The van der Waals surface area contributed by atoms with Gasteiger partial charge in [0.2, 0.25) is 0 Å². The molecule has 1 heterocycles. The van der Waals surface area contributed by atoms with Crippen LogP contribution in [0.4, 0.5) is 5.82 Å². The molecule has 0 saturated carbocycles. The molecule has 1 aromatic heterocycles. The lowest BCUT2D eigenvalue weighted by Crippen LogP contribution is -2.22. The van der Waals surface area contributed by atoms with Gasteiger partial charge in [0, 0.05) is 32.9 Å². The molecule has 1 aromatic rings. The van der Waals surface area contributed by atoms with Crippen LogP contribution in [0.15, 0.2) is 12.3 Å². The minimum Gasteiger partial charge on any atom is -0.358 e. The molecule has 0 amide bonds. The van der Waals surface area contributed by atoms with Crippen molar-refractivity contribution >= 4 is 5.82 Å². The first-order chi connectivity index (χ1) is 6.24. The number of nitrogens with one attached hydrogen (secondary N) is 1. The highest BCUT2D eigenvalue weighted by Crippen LogP contribution is 2.06. The number of aromatic nitrogens is 2. The zero-order chi connectivity index (χ0) is 9.68. The lowest BCUT2D eigenvalue weighted by Gasteiger charge is -2.15. The van der Waals surface area contributed by atoms with Gasteiger partial charge in [-0.25, -0.2) is 0 Å². The standard InChI is InChI=1S/C9H18N4/c1-10-6-4-7-12(2)9-5-8-13(3)11-9/h5,8,10H,4,6-7H2,1-3H3. The van der Waals surface area contributed by atoms with Crippen molar-refractivity contribution in [1.29, 1.82) is 0 Å². The molecule has 13 heavy (non-hydrogen) atoms. The molecule has 1 N–H and O–H groups in total. The molecule has 0 aliphatic rings. The van der Waals surface area contributed by atoms with Crippen LogP contribution in [0.2, 0.25) is 0 Å². The summed E-state index contributed by atoms with van der Waals surface area (Å²) < 4.78 is 1.82. The lowest BCUT2D eigenvalue weighted by molar-refractivity contribution is 0.698. The van der Waals surface area contributed by atoms with Gasteiger partial charge < -0.3 is 10.2 Å². The van der Waals surface area contributed by atoms with Gasteiger partial charge in [-0.3, -0.25) is 4.68 Å². The van der Waals surface area contributed by atoms with E-state index in [1.165, 1.54) is 0 Å². The molecule has 1 rings (SSSR count). The first-order valence-electron chi connectivity index (χ1n) is 4.59. The van der Waals surface area contributed by atoms with E-state index in [9.17, 15) is 0 Å². The molecule has 0 saturated heterocycles. The predicted molar refractivity (Wildman–Crippen MR) is 55.0 cm³/mol. The Labute approximate surface area is 79.5 Å². The number of anilines is 1. The summed E-state index contributed by atoms with van der Waals surface area (Å²) in [5.41, 5.74) is 0. The van der Waals surface area contributed by atoms with Crippen LogP contribution in [0.25, 0.3) is 0 Å². The molecular formula is C9H18N4. The van der Waals surface area contributed by atoms with E-state index < -0.39 is 0 Å². The topological polar surface area (TPSA) is 33.1 Å². The van der Waals surface area contributed by atoms with Gasteiger partial charge in [-0.15, -0.1) is 0 Å². The Hall–Kier alpha value is -1.03. The Morgan fingerprint density at radius 3 is 2.92 bits per heavy atom. The van der Waals surface area contributed by atoms with E-state index in [0.29, 0.717) is 0 Å². The van der Waals surface area contributed by atoms with Crippen molar-refractivity contribution < 1.29 is 0 Å². The van der Waals surface area contributed by atoms with Gasteiger partial charge in [-0.05, 0) is 20.0 Å². The van der Waals surface area contributed by atoms with E-state index in [1.807, 2.05) is 31.0 Å². The highest BCUT2D eigenvalue weighted by atomic mass is 15.3. The van der Waals surface area contributed by atoms with Crippen LogP contribution in [-0.4, -0.2) is 37.0 Å². The monoisotopic (exact) mass is 182 g/mol. The molecular weight excluding hydrogens is 164 g/mol. The van der Waals surface area contributed by atoms with Crippen molar-refractivity contribution in [2.24, 2.45) is 7.05 Å². The summed E-state index contributed by atoms with van der Waals surface area (Å²) in [6.45, 7) is 2.09. The quantitative estimate of drug-likeness (QED) is 0.672. The molecule has 0 spiro atoms. The molecule has 0 fully saturated rings. The number of hydrogen-bond acceptors (Lipinski definition) is 3. The van der Waals surface area contributed by atoms with Crippen molar-refractivity contribution in [2.45, 2.75) is 6.42 Å². The third-order valence-electron chi connectivity index (χ3n) is 2.01. The van der Waals surface area contributed by atoms with Gasteiger partial charge in [0.15, 0.2) is 0 Å². The van der Waals surface area contributed by atoms with Gasteiger partial charge in [-0.2, -0.15) is 5.10 Å². The van der Waals surface area contributed by atoms with E-state index >= 15 is 0 Å². The van der Waals surface area contributed by atoms with E-state index in [2.05, 4.69) is 22.4 Å². The van der Waals surface area contributed by atoms with Gasteiger partial charge in [-0.1, -0.05) is 0 Å². The minimum absolute atomic E-state index is 1.04. The van der Waals surface area contributed by atoms with E-state index in [-0.39, 0.29) is 0 Å². The summed E-state index contributed by atoms with van der Waals surface area (Å²) in [6, 6.07) is 2.03. The summed E-state index contributed by atoms with van der Waals surface area (Å²) >= 11 is 0. The molecule has 0 atom stereocenters. The Balaban J connectivity index is 2.35. The highest BCUT2D eigenvalue weighted by molar-refractivity contribution is 5.35. The smallest absolute Gasteiger partial charge is 0.150 e. The molecule has 0 radical (unpaired) electrons. The van der Waals surface area contributed by atoms with E-state index in [0.717, 1.165) is 25.3 Å². The van der Waals surface area contributed by atoms with Crippen LogP contribution >= 0.6 is 0 Å². The molecule has 0 aliphatic carbocycles. The summed E-state index contributed by atoms with van der Waals surface area (Å²) in [4.78, 5) is 2.16. The Bertz CT molecular complexity index is 244. The molecule has 0 aliphatic heterocycles. The van der Waals surface area contributed by atoms with Crippen molar-refractivity contribution in [2.75, 3.05) is 32.1 Å².